The largest absolute Gasteiger partial charge is 0.380 e. The van der Waals surface area contributed by atoms with Crippen molar-refractivity contribution in [2.45, 2.75) is 12.5 Å². The summed E-state index contributed by atoms with van der Waals surface area (Å²) in [6.07, 6.45) is 1.07. The highest BCUT2D eigenvalue weighted by atomic mass is 31.2. The van der Waals surface area contributed by atoms with Crippen molar-refractivity contribution < 1.29 is 4.74 Å². The van der Waals surface area contributed by atoms with Gasteiger partial charge in [0.05, 0.1) is 6.61 Å². The molecule has 1 atom stereocenters. The quantitative estimate of drug-likeness (QED) is 0.357. The van der Waals surface area contributed by atoms with E-state index >= 15 is 0 Å². The molecule has 0 spiro atoms. The van der Waals surface area contributed by atoms with Gasteiger partial charge >= 0.3 is 0 Å². The predicted molar refractivity (Wildman–Crippen MR) is 139 cm³/mol. The third-order valence-corrected chi connectivity index (χ3v) is 11.3. The van der Waals surface area contributed by atoms with Gasteiger partial charge in [0, 0.05) is 28.8 Å². The van der Waals surface area contributed by atoms with Crippen molar-refractivity contribution in [2.75, 3.05) is 13.2 Å². The van der Waals surface area contributed by atoms with E-state index in [4.69, 9.17) is 4.74 Å². The molecule has 1 unspecified atom stereocenters. The zero-order valence-electron chi connectivity index (χ0n) is 18.0. The Morgan fingerprint density at radius 2 is 0.875 bits per heavy atom. The van der Waals surface area contributed by atoms with Crippen LogP contribution in [0.5, 0.6) is 0 Å². The first-order chi connectivity index (χ1) is 15.9. The fourth-order valence-electron chi connectivity index (χ4n) is 4.17. The van der Waals surface area contributed by atoms with Crippen LogP contribution in [0, 0.1) is 0 Å². The Morgan fingerprint density at radius 3 is 1.16 bits per heavy atom. The molecule has 1 aliphatic rings. The van der Waals surface area contributed by atoms with Crippen molar-refractivity contribution in [1.29, 1.82) is 0 Å². The maximum Gasteiger partial charge on any atom is 0.0629 e. The molecule has 0 N–H and O–H groups in total. The van der Waals surface area contributed by atoms with Gasteiger partial charge in [0.1, 0.15) is 0 Å². The van der Waals surface area contributed by atoms with Crippen molar-refractivity contribution >= 4 is 37.4 Å². The van der Waals surface area contributed by atoms with Gasteiger partial charge in [0.15, 0.2) is 0 Å². The van der Waals surface area contributed by atoms with E-state index in [-0.39, 0.29) is 0 Å². The lowest BCUT2D eigenvalue weighted by atomic mass is 10.3. The zero-order chi connectivity index (χ0) is 21.6. The van der Waals surface area contributed by atoms with Crippen LogP contribution in [-0.4, -0.2) is 23.7 Å². The molecule has 1 saturated heterocycles. The maximum atomic E-state index is 5.96. The number of hydrogen-bond acceptors (Lipinski definition) is 2. The van der Waals surface area contributed by atoms with Crippen LogP contribution in [-0.2, 0) is 4.74 Å². The second kappa shape index (κ2) is 10.5. The third kappa shape index (κ3) is 4.70. The number of ether oxygens (including phenoxy) is 1. The molecule has 0 aliphatic carbocycles. The molecule has 2 nitrogen and oxygen atoms in total. The van der Waals surface area contributed by atoms with Crippen LogP contribution in [0.2, 0.25) is 0 Å². The fourth-order valence-corrected chi connectivity index (χ4v) is 10.5. The molecule has 160 valence electrons. The van der Waals surface area contributed by atoms with Gasteiger partial charge in [-0.2, -0.15) is 0 Å². The minimum Gasteiger partial charge on any atom is -0.380 e. The molecule has 4 aromatic rings. The molecule has 0 amide bonds. The summed E-state index contributed by atoms with van der Waals surface area (Å²) in [6.45, 7) is 1.62. The lowest BCUT2D eigenvalue weighted by Gasteiger charge is -2.42. The molecular weight excluding hydrogens is 428 g/mol. The summed E-state index contributed by atoms with van der Waals surface area (Å²) < 4.78 is 8.79. The van der Waals surface area contributed by atoms with Gasteiger partial charge < -0.3 is 4.74 Å². The molecule has 4 heteroatoms. The molecule has 1 fully saturated rings. The summed E-state index contributed by atoms with van der Waals surface area (Å²) in [7, 11) is -1.46. The summed E-state index contributed by atoms with van der Waals surface area (Å²) in [5.41, 5.74) is 0. The minimum absolute atomic E-state index is 0.382. The summed E-state index contributed by atoms with van der Waals surface area (Å²) in [4.78, 5) is 0. The molecule has 32 heavy (non-hydrogen) atoms. The topological polar surface area (TPSA) is 12.5 Å². The van der Waals surface area contributed by atoms with E-state index in [1.165, 1.54) is 21.2 Å². The molecule has 0 radical (unpaired) electrons. The Morgan fingerprint density at radius 1 is 0.531 bits per heavy atom. The van der Waals surface area contributed by atoms with Crippen LogP contribution in [0.25, 0.3) is 0 Å². The summed E-state index contributed by atoms with van der Waals surface area (Å²) >= 11 is 0. The Balaban J connectivity index is 1.72. The third-order valence-electron chi connectivity index (χ3n) is 5.65. The van der Waals surface area contributed by atoms with Gasteiger partial charge in [-0.25, -0.2) is 4.44 Å². The lowest BCUT2D eigenvalue weighted by Crippen LogP contribution is -2.38. The standard InChI is InChI=1S/C28H27NOP2/c1-5-13-25(14-6-1)31(26-15-7-2-8-16-26)29(24-21-22-30-23-24)32(27-17-9-3-10-18-27)28-19-11-4-12-20-28/h1-20,24H,21-23H2. The van der Waals surface area contributed by atoms with Crippen LogP contribution in [0.3, 0.4) is 0 Å². The molecule has 1 aliphatic heterocycles. The SMILES string of the molecule is c1ccc(P(c2ccccc2)N(C2CCOC2)P(c2ccccc2)c2ccccc2)cc1. The summed E-state index contributed by atoms with van der Waals surface area (Å²) in [6, 6.07) is 44.6. The Kier molecular flexibility index (Phi) is 7.07. The van der Waals surface area contributed by atoms with Crippen LogP contribution < -0.4 is 21.2 Å². The van der Waals surface area contributed by atoms with E-state index in [0.717, 1.165) is 19.6 Å². The Hall–Kier alpha value is -2.34. The summed E-state index contributed by atoms with van der Waals surface area (Å²) in [5, 5.41) is 5.56. The van der Waals surface area contributed by atoms with Crippen molar-refractivity contribution in [1.82, 2.24) is 4.44 Å². The summed E-state index contributed by atoms with van der Waals surface area (Å²) in [5.74, 6) is 0. The van der Waals surface area contributed by atoms with Gasteiger partial charge in [-0.3, -0.25) is 0 Å². The minimum atomic E-state index is -0.730. The normalized spacial score (nSPS) is 16.2. The highest BCUT2D eigenvalue weighted by Crippen LogP contribution is 2.56. The number of rotatable bonds is 7. The molecule has 1 heterocycles. The smallest absolute Gasteiger partial charge is 0.0629 e. The van der Waals surface area contributed by atoms with Gasteiger partial charge in [-0.15, -0.1) is 0 Å². The lowest BCUT2D eigenvalue weighted by molar-refractivity contribution is 0.187. The fraction of sp³-hybridized carbons (Fsp3) is 0.143. The monoisotopic (exact) mass is 455 g/mol. The van der Waals surface area contributed by atoms with Crippen molar-refractivity contribution in [3.05, 3.63) is 121 Å². The van der Waals surface area contributed by atoms with Crippen molar-refractivity contribution in [2.24, 2.45) is 0 Å². The zero-order valence-corrected chi connectivity index (χ0v) is 19.8. The highest BCUT2D eigenvalue weighted by Gasteiger charge is 2.38. The van der Waals surface area contributed by atoms with Crippen molar-refractivity contribution in [3.8, 4) is 0 Å². The molecular formula is C28H27NOP2. The second-order valence-corrected chi connectivity index (χ2v) is 12.3. The number of benzene rings is 4. The van der Waals surface area contributed by atoms with E-state index in [0.29, 0.717) is 6.04 Å². The molecule has 0 saturated carbocycles. The van der Waals surface area contributed by atoms with E-state index in [9.17, 15) is 0 Å². The average molecular weight is 455 g/mol. The van der Waals surface area contributed by atoms with Gasteiger partial charge in [0.2, 0.25) is 0 Å². The molecule has 0 aromatic heterocycles. The van der Waals surface area contributed by atoms with E-state index in [2.05, 4.69) is 126 Å². The van der Waals surface area contributed by atoms with Crippen LogP contribution >= 0.6 is 16.1 Å². The highest BCUT2D eigenvalue weighted by molar-refractivity contribution is 7.84. The van der Waals surface area contributed by atoms with Crippen LogP contribution in [0.1, 0.15) is 6.42 Å². The Bertz CT molecular complexity index is 925. The predicted octanol–water partition coefficient (Wildman–Crippen LogP) is 5.17. The first-order valence-corrected chi connectivity index (χ1v) is 13.7. The van der Waals surface area contributed by atoms with Crippen molar-refractivity contribution in [3.63, 3.8) is 0 Å². The first-order valence-electron chi connectivity index (χ1n) is 11.1. The average Bonchev–Trinajstić information content (AvgIpc) is 3.41. The Labute approximate surface area is 193 Å². The number of hydrogen-bond donors (Lipinski definition) is 0. The number of nitrogens with zero attached hydrogens (tertiary/aromatic N) is 1. The molecule has 5 rings (SSSR count). The van der Waals surface area contributed by atoms with Gasteiger partial charge in [0.25, 0.3) is 0 Å². The van der Waals surface area contributed by atoms with Gasteiger partial charge in [-0.05, 0) is 27.6 Å². The second-order valence-electron chi connectivity index (χ2n) is 7.80. The maximum absolute atomic E-state index is 5.96. The van der Waals surface area contributed by atoms with Gasteiger partial charge in [-0.1, -0.05) is 121 Å². The van der Waals surface area contributed by atoms with E-state index in [1.54, 1.807) is 0 Å². The van der Waals surface area contributed by atoms with E-state index < -0.39 is 16.1 Å². The molecule has 0 bridgehead atoms. The van der Waals surface area contributed by atoms with Crippen LogP contribution in [0.15, 0.2) is 121 Å². The van der Waals surface area contributed by atoms with E-state index in [1.807, 2.05) is 0 Å². The van der Waals surface area contributed by atoms with Crippen LogP contribution in [0.4, 0.5) is 0 Å². The first kappa shape index (κ1) is 21.5. The molecule has 4 aromatic carbocycles.